The van der Waals surface area contributed by atoms with Gasteiger partial charge >= 0.3 is 0 Å². The van der Waals surface area contributed by atoms with Crippen molar-refractivity contribution in [3.8, 4) is 11.1 Å². The van der Waals surface area contributed by atoms with Gasteiger partial charge in [-0.05, 0) is 41.5 Å². The van der Waals surface area contributed by atoms with E-state index in [-0.39, 0.29) is 0 Å². The van der Waals surface area contributed by atoms with E-state index in [9.17, 15) is 0 Å². The van der Waals surface area contributed by atoms with Crippen LogP contribution >= 0.6 is 0 Å². The molecule has 1 atom stereocenters. The van der Waals surface area contributed by atoms with Crippen LogP contribution in [0.5, 0.6) is 0 Å². The first-order valence-electron chi connectivity index (χ1n) is 7.19. The fraction of sp³-hybridized carbons (Fsp3) is 0.200. The molecule has 0 aromatic heterocycles. The highest BCUT2D eigenvalue weighted by Crippen LogP contribution is 2.28. The summed E-state index contributed by atoms with van der Waals surface area (Å²) in [5, 5.41) is 0. The molecule has 0 fully saturated rings. The summed E-state index contributed by atoms with van der Waals surface area (Å²) < 4.78 is 0. The maximum absolute atomic E-state index is 3.84. The van der Waals surface area contributed by atoms with E-state index in [1.54, 1.807) is 0 Å². The molecule has 0 heteroatoms. The van der Waals surface area contributed by atoms with Crippen LogP contribution in [0, 0.1) is 5.92 Å². The molecule has 0 bridgehead atoms. The molecule has 0 nitrogen and oxygen atoms in total. The number of hydrogen-bond donors (Lipinski definition) is 0. The molecular formula is C20H22. The van der Waals surface area contributed by atoms with Gasteiger partial charge in [-0.3, -0.25) is 0 Å². The van der Waals surface area contributed by atoms with Crippen LogP contribution < -0.4 is 0 Å². The Hall–Kier alpha value is -2.08. The predicted octanol–water partition coefficient (Wildman–Crippen LogP) is 5.97. The molecule has 102 valence electrons. The van der Waals surface area contributed by atoms with Gasteiger partial charge in [0.1, 0.15) is 0 Å². The third-order valence-corrected chi connectivity index (χ3v) is 3.69. The van der Waals surface area contributed by atoms with Crippen LogP contribution in [0.1, 0.15) is 25.8 Å². The van der Waals surface area contributed by atoms with Crippen LogP contribution in [0.2, 0.25) is 0 Å². The highest BCUT2D eigenvalue weighted by Gasteiger charge is 2.09. The third-order valence-electron chi connectivity index (χ3n) is 3.69. The Balaban J connectivity index is 2.26. The van der Waals surface area contributed by atoms with E-state index >= 15 is 0 Å². The first-order valence-corrected chi connectivity index (χ1v) is 7.19. The van der Waals surface area contributed by atoms with E-state index in [4.69, 9.17) is 0 Å². The lowest BCUT2D eigenvalue weighted by molar-refractivity contribution is 0.766. The van der Waals surface area contributed by atoms with E-state index in [1.165, 1.54) is 22.3 Å². The Bertz CT molecular complexity index is 573. The molecular weight excluding hydrogens is 240 g/mol. The highest BCUT2D eigenvalue weighted by molar-refractivity contribution is 5.71. The molecule has 2 aromatic carbocycles. The van der Waals surface area contributed by atoms with Gasteiger partial charge in [0, 0.05) is 0 Å². The number of allylic oxidation sites excluding steroid dienone is 3. The van der Waals surface area contributed by atoms with E-state index in [0.29, 0.717) is 5.92 Å². The lowest BCUT2D eigenvalue weighted by Gasteiger charge is -2.15. The number of benzene rings is 2. The van der Waals surface area contributed by atoms with Crippen LogP contribution in [0.25, 0.3) is 16.7 Å². The van der Waals surface area contributed by atoms with Gasteiger partial charge in [0.05, 0.1) is 0 Å². The average molecular weight is 262 g/mol. The van der Waals surface area contributed by atoms with Crippen LogP contribution in [-0.2, 0) is 0 Å². The Kier molecular flexibility index (Phi) is 4.95. The van der Waals surface area contributed by atoms with Crippen molar-refractivity contribution < 1.29 is 0 Å². The lowest BCUT2D eigenvalue weighted by atomic mass is 9.90. The Morgan fingerprint density at radius 1 is 1.00 bits per heavy atom. The summed E-state index contributed by atoms with van der Waals surface area (Å²) in [6.07, 6.45) is 5.22. The van der Waals surface area contributed by atoms with Crippen LogP contribution in [0.4, 0.5) is 0 Å². The first-order chi connectivity index (χ1) is 9.76. The summed E-state index contributed by atoms with van der Waals surface area (Å²) in [6.45, 7) is 8.20. The van der Waals surface area contributed by atoms with Gasteiger partial charge in [-0.15, -0.1) is 6.58 Å². The molecule has 0 saturated heterocycles. The Morgan fingerprint density at radius 2 is 1.60 bits per heavy atom. The predicted molar refractivity (Wildman–Crippen MR) is 89.5 cm³/mol. The van der Waals surface area contributed by atoms with Crippen molar-refractivity contribution in [2.45, 2.75) is 20.3 Å². The van der Waals surface area contributed by atoms with Crippen molar-refractivity contribution in [1.82, 2.24) is 0 Å². The molecule has 0 saturated carbocycles. The van der Waals surface area contributed by atoms with Gasteiger partial charge in [-0.2, -0.15) is 0 Å². The second-order valence-electron chi connectivity index (χ2n) is 5.11. The van der Waals surface area contributed by atoms with Crippen molar-refractivity contribution in [3.05, 3.63) is 78.9 Å². The lowest BCUT2D eigenvalue weighted by Crippen LogP contribution is -1.97. The maximum atomic E-state index is 3.84. The highest BCUT2D eigenvalue weighted by atomic mass is 14.1. The topological polar surface area (TPSA) is 0 Å². The van der Waals surface area contributed by atoms with Gasteiger partial charge in [0.25, 0.3) is 0 Å². The molecule has 0 heterocycles. The summed E-state index contributed by atoms with van der Waals surface area (Å²) >= 11 is 0. The van der Waals surface area contributed by atoms with E-state index < -0.39 is 0 Å². The van der Waals surface area contributed by atoms with Crippen molar-refractivity contribution >= 4 is 5.57 Å². The maximum Gasteiger partial charge on any atom is -0.0153 e. The summed E-state index contributed by atoms with van der Waals surface area (Å²) in [7, 11) is 0. The molecule has 0 aliphatic rings. The molecule has 1 unspecified atom stereocenters. The largest absolute Gasteiger partial charge is 0.103 e. The molecule has 0 aliphatic heterocycles. The molecule has 0 amide bonds. The molecule has 20 heavy (non-hydrogen) atoms. The molecule has 0 N–H and O–H groups in total. The minimum Gasteiger partial charge on any atom is -0.103 e. The standard InChI is InChI=1S/C20H22/c1-4-9-16(3)20(5-2)19-14-12-18(13-15-19)17-10-7-6-8-11-17/h4-8,10-16H,1,9H2,2-3H3/b20-5+. The van der Waals surface area contributed by atoms with E-state index in [0.717, 1.165) is 6.42 Å². The zero-order valence-electron chi connectivity index (χ0n) is 12.3. The summed E-state index contributed by atoms with van der Waals surface area (Å²) in [4.78, 5) is 0. The molecule has 2 rings (SSSR count). The molecule has 0 radical (unpaired) electrons. The summed E-state index contributed by atoms with van der Waals surface area (Å²) in [6, 6.07) is 19.3. The Morgan fingerprint density at radius 3 is 2.15 bits per heavy atom. The van der Waals surface area contributed by atoms with Crippen molar-refractivity contribution in [3.63, 3.8) is 0 Å². The fourth-order valence-electron chi connectivity index (χ4n) is 2.60. The summed E-state index contributed by atoms with van der Waals surface area (Å²) in [5.74, 6) is 0.514. The van der Waals surface area contributed by atoms with Crippen LogP contribution in [-0.4, -0.2) is 0 Å². The van der Waals surface area contributed by atoms with Gasteiger partial charge < -0.3 is 0 Å². The Labute approximate surface area is 122 Å². The molecule has 2 aromatic rings. The normalized spacial score (nSPS) is 13.0. The van der Waals surface area contributed by atoms with Gasteiger partial charge in [-0.25, -0.2) is 0 Å². The van der Waals surface area contributed by atoms with E-state index in [2.05, 4.69) is 75.0 Å². The minimum absolute atomic E-state index is 0.514. The van der Waals surface area contributed by atoms with Crippen molar-refractivity contribution in [2.75, 3.05) is 0 Å². The van der Waals surface area contributed by atoms with Gasteiger partial charge in [0.15, 0.2) is 0 Å². The zero-order chi connectivity index (χ0) is 14.4. The van der Waals surface area contributed by atoms with Crippen molar-refractivity contribution in [2.24, 2.45) is 5.92 Å². The quantitative estimate of drug-likeness (QED) is 0.582. The second-order valence-corrected chi connectivity index (χ2v) is 5.11. The summed E-state index contributed by atoms with van der Waals surface area (Å²) in [5.41, 5.74) is 5.23. The minimum atomic E-state index is 0.514. The van der Waals surface area contributed by atoms with Crippen LogP contribution in [0.15, 0.2) is 73.3 Å². The number of rotatable bonds is 5. The van der Waals surface area contributed by atoms with E-state index in [1.807, 2.05) is 12.1 Å². The van der Waals surface area contributed by atoms with Crippen molar-refractivity contribution in [1.29, 1.82) is 0 Å². The van der Waals surface area contributed by atoms with Gasteiger partial charge in [0.2, 0.25) is 0 Å². The average Bonchev–Trinajstić information content (AvgIpc) is 2.50. The third kappa shape index (κ3) is 3.27. The fourth-order valence-corrected chi connectivity index (χ4v) is 2.60. The first kappa shape index (κ1) is 14.3. The molecule has 0 aliphatic carbocycles. The molecule has 0 spiro atoms. The SMILES string of the molecule is C=CCC(C)/C(=C\C)c1ccc(-c2ccccc2)cc1. The second kappa shape index (κ2) is 6.91. The van der Waals surface area contributed by atoms with Gasteiger partial charge in [-0.1, -0.05) is 73.7 Å². The number of hydrogen-bond acceptors (Lipinski definition) is 0. The zero-order valence-corrected chi connectivity index (χ0v) is 12.3. The smallest absolute Gasteiger partial charge is 0.0153 e. The van der Waals surface area contributed by atoms with Crippen LogP contribution in [0.3, 0.4) is 0 Å². The monoisotopic (exact) mass is 262 g/mol.